The third-order valence-corrected chi connectivity index (χ3v) is 3.94. The molecule has 2 aromatic rings. The molecule has 3 nitrogen and oxygen atoms in total. The molecule has 0 aliphatic rings. The number of rotatable bonds is 6. The second kappa shape index (κ2) is 7.85. The SMILES string of the molecule is CCN(Cc1ccc(OC)cc1)C(=O)Cc1ccccc1Cl. The van der Waals surface area contributed by atoms with Gasteiger partial charge in [-0.15, -0.1) is 0 Å². The Balaban J connectivity index is 2.03. The number of benzene rings is 2. The highest BCUT2D eigenvalue weighted by Crippen LogP contribution is 2.17. The van der Waals surface area contributed by atoms with Crippen LogP contribution in [0.4, 0.5) is 0 Å². The highest BCUT2D eigenvalue weighted by Gasteiger charge is 2.14. The van der Waals surface area contributed by atoms with E-state index in [1.807, 2.05) is 60.4 Å². The molecule has 116 valence electrons. The van der Waals surface area contributed by atoms with Crippen molar-refractivity contribution in [3.63, 3.8) is 0 Å². The maximum absolute atomic E-state index is 12.5. The second-order valence-corrected chi connectivity index (χ2v) is 5.43. The molecule has 0 unspecified atom stereocenters. The molecule has 0 fully saturated rings. The summed E-state index contributed by atoms with van der Waals surface area (Å²) in [7, 11) is 1.64. The van der Waals surface area contributed by atoms with Gasteiger partial charge in [-0.1, -0.05) is 41.9 Å². The van der Waals surface area contributed by atoms with Crippen molar-refractivity contribution in [3.8, 4) is 5.75 Å². The Bertz CT molecular complexity index is 625. The van der Waals surface area contributed by atoms with Crippen LogP contribution in [0.1, 0.15) is 18.1 Å². The van der Waals surface area contributed by atoms with E-state index in [0.717, 1.165) is 16.9 Å². The van der Waals surface area contributed by atoms with E-state index >= 15 is 0 Å². The first kappa shape index (κ1) is 16.4. The number of ether oxygens (including phenoxy) is 1. The number of carbonyl (C=O) groups excluding carboxylic acids is 1. The zero-order valence-electron chi connectivity index (χ0n) is 12.9. The largest absolute Gasteiger partial charge is 0.497 e. The van der Waals surface area contributed by atoms with Crippen molar-refractivity contribution in [2.45, 2.75) is 19.9 Å². The molecule has 0 bridgehead atoms. The highest BCUT2D eigenvalue weighted by atomic mass is 35.5. The fourth-order valence-corrected chi connectivity index (χ4v) is 2.45. The molecule has 0 aliphatic carbocycles. The fraction of sp³-hybridized carbons (Fsp3) is 0.278. The van der Waals surface area contributed by atoms with Crippen LogP contribution in [0.2, 0.25) is 5.02 Å². The second-order valence-electron chi connectivity index (χ2n) is 5.02. The monoisotopic (exact) mass is 317 g/mol. The Morgan fingerprint density at radius 3 is 2.41 bits per heavy atom. The zero-order valence-corrected chi connectivity index (χ0v) is 13.6. The van der Waals surface area contributed by atoms with Gasteiger partial charge in [0, 0.05) is 18.1 Å². The number of nitrogens with zero attached hydrogens (tertiary/aromatic N) is 1. The summed E-state index contributed by atoms with van der Waals surface area (Å²) in [6, 6.07) is 15.2. The van der Waals surface area contributed by atoms with Crippen molar-refractivity contribution in [2.24, 2.45) is 0 Å². The average Bonchev–Trinajstić information content (AvgIpc) is 2.55. The zero-order chi connectivity index (χ0) is 15.9. The van der Waals surface area contributed by atoms with Crippen LogP contribution in [0.25, 0.3) is 0 Å². The van der Waals surface area contributed by atoms with Gasteiger partial charge < -0.3 is 9.64 Å². The topological polar surface area (TPSA) is 29.5 Å². The van der Waals surface area contributed by atoms with Crippen molar-refractivity contribution < 1.29 is 9.53 Å². The van der Waals surface area contributed by atoms with E-state index in [-0.39, 0.29) is 5.91 Å². The fourth-order valence-electron chi connectivity index (χ4n) is 2.24. The molecule has 0 saturated carbocycles. The van der Waals surface area contributed by atoms with Gasteiger partial charge in [-0.05, 0) is 36.2 Å². The quantitative estimate of drug-likeness (QED) is 0.807. The minimum Gasteiger partial charge on any atom is -0.497 e. The molecule has 0 N–H and O–H groups in total. The van der Waals surface area contributed by atoms with Crippen LogP contribution in [-0.4, -0.2) is 24.5 Å². The minimum absolute atomic E-state index is 0.0754. The number of likely N-dealkylation sites (N-methyl/N-ethyl adjacent to an activating group) is 1. The average molecular weight is 318 g/mol. The van der Waals surface area contributed by atoms with Crippen LogP contribution in [0, 0.1) is 0 Å². The molecule has 0 aromatic heterocycles. The predicted molar refractivity (Wildman–Crippen MR) is 89.2 cm³/mol. The summed E-state index contributed by atoms with van der Waals surface area (Å²) < 4.78 is 5.14. The number of hydrogen-bond donors (Lipinski definition) is 0. The normalized spacial score (nSPS) is 10.3. The van der Waals surface area contributed by atoms with Crippen LogP contribution in [0.15, 0.2) is 48.5 Å². The van der Waals surface area contributed by atoms with Crippen LogP contribution < -0.4 is 4.74 Å². The first-order valence-corrected chi connectivity index (χ1v) is 7.66. The van der Waals surface area contributed by atoms with Crippen molar-refractivity contribution in [2.75, 3.05) is 13.7 Å². The summed E-state index contributed by atoms with van der Waals surface area (Å²) in [5.74, 6) is 0.889. The Morgan fingerprint density at radius 1 is 1.14 bits per heavy atom. The number of amides is 1. The van der Waals surface area contributed by atoms with Gasteiger partial charge >= 0.3 is 0 Å². The minimum atomic E-state index is 0.0754. The molecule has 22 heavy (non-hydrogen) atoms. The summed E-state index contributed by atoms with van der Waals surface area (Å²) in [6.45, 7) is 3.23. The van der Waals surface area contributed by atoms with Gasteiger partial charge in [-0.2, -0.15) is 0 Å². The number of hydrogen-bond acceptors (Lipinski definition) is 2. The Labute approximate surface area is 136 Å². The van der Waals surface area contributed by atoms with E-state index in [4.69, 9.17) is 16.3 Å². The summed E-state index contributed by atoms with van der Waals surface area (Å²) >= 11 is 6.13. The van der Waals surface area contributed by atoms with Crippen LogP contribution in [-0.2, 0) is 17.8 Å². The van der Waals surface area contributed by atoms with Crippen LogP contribution >= 0.6 is 11.6 Å². The molecular formula is C18H20ClNO2. The van der Waals surface area contributed by atoms with Gasteiger partial charge in [0.15, 0.2) is 0 Å². The lowest BCUT2D eigenvalue weighted by atomic mass is 10.1. The van der Waals surface area contributed by atoms with Gasteiger partial charge in [0.2, 0.25) is 5.91 Å². The lowest BCUT2D eigenvalue weighted by Crippen LogP contribution is -2.31. The van der Waals surface area contributed by atoms with Gasteiger partial charge in [0.1, 0.15) is 5.75 Å². The maximum Gasteiger partial charge on any atom is 0.227 e. The van der Waals surface area contributed by atoms with Gasteiger partial charge in [-0.3, -0.25) is 4.79 Å². The summed E-state index contributed by atoms with van der Waals surface area (Å²) in [4.78, 5) is 14.3. The lowest BCUT2D eigenvalue weighted by Gasteiger charge is -2.21. The van der Waals surface area contributed by atoms with Gasteiger partial charge in [0.25, 0.3) is 0 Å². The maximum atomic E-state index is 12.5. The third kappa shape index (κ3) is 4.25. The third-order valence-electron chi connectivity index (χ3n) is 3.57. The molecule has 1 amide bonds. The number of methoxy groups -OCH3 is 1. The number of halogens is 1. The molecule has 0 spiro atoms. The van der Waals surface area contributed by atoms with Gasteiger partial charge in [0.05, 0.1) is 13.5 Å². The number of carbonyl (C=O) groups is 1. The van der Waals surface area contributed by atoms with Crippen molar-refractivity contribution in [1.29, 1.82) is 0 Å². The van der Waals surface area contributed by atoms with Gasteiger partial charge in [-0.25, -0.2) is 0 Å². The smallest absolute Gasteiger partial charge is 0.227 e. The molecule has 0 radical (unpaired) electrons. The van der Waals surface area contributed by atoms with E-state index in [1.54, 1.807) is 7.11 Å². The standard InChI is InChI=1S/C18H20ClNO2/c1-3-20(13-14-8-10-16(22-2)11-9-14)18(21)12-15-6-4-5-7-17(15)19/h4-11H,3,12-13H2,1-2H3. The predicted octanol–water partition coefficient (Wildman–Crippen LogP) is 3.94. The Kier molecular flexibility index (Phi) is 5.84. The van der Waals surface area contributed by atoms with E-state index in [0.29, 0.717) is 24.5 Å². The molecule has 0 atom stereocenters. The molecule has 2 rings (SSSR count). The van der Waals surface area contributed by atoms with E-state index < -0.39 is 0 Å². The van der Waals surface area contributed by atoms with Crippen LogP contribution in [0.5, 0.6) is 5.75 Å². The van der Waals surface area contributed by atoms with E-state index in [2.05, 4.69) is 0 Å². The van der Waals surface area contributed by atoms with Crippen molar-refractivity contribution >= 4 is 17.5 Å². The van der Waals surface area contributed by atoms with Crippen molar-refractivity contribution in [1.82, 2.24) is 4.90 Å². The lowest BCUT2D eigenvalue weighted by molar-refractivity contribution is -0.130. The van der Waals surface area contributed by atoms with Crippen molar-refractivity contribution in [3.05, 3.63) is 64.7 Å². The molecule has 0 saturated heterocycles. The molecule has 4 heteroatoms. The highest BCUT2D eigenvalue weighted by molar-refractivity contribution is 6.31. The molecule has 0 aliphatic heterocycles. The summed E-state index contributed by atoms with van der Waals surface area (Å²) in [5, 5.41) is 0.636. The first-order valence-electron chi connectivity index (χ1n) is 7.28. The molecule has 2 aromatic carbocycles. The van der Waals surface area contributed by atoms with Crippen LogP contribution in [0.3, 0.4) is 0 Å². The van der Waals surface area contributed by atoms with E-state index in [9.17, 15) is 4.79 Å². The molecular weight excluding hydrogens is 298 g/mol. The Hall–Kier alpha value is -2.00. The first-order chi connectivity index (χ1) is 10.6. The summed E-state index contributed by atoms with van der Waals surface area (Å²) in [5.41, 5.74) is 1.94. The van der Waals surface area contributed by atoms with E-state index in [1.165, 1.54) is 0 Å². The summed E-state index contributed by atoms with van der Waals surface area (Å²) in [6.07, 6.45) is 0.323. The molecule has 0 heterocycles. The Morgan fingerprint density at radius 2 is 1.82 bits per heavy atom.